The van der Waals surface area contributed by atoms with Crippen LogP contribution in [0.3, 0.4) is 0 Å². The number of para-hydroxylation sites is 1. The molecule has 4 rings (SSSR count). The number of imide groups is 1. The lowest BCUT2D eigenvalue weighted by atomic mass is 10.2. The van der Waals surface area contributed by atoms with Crippen molar-refractivity contribution in [3.05, 3.63) is 98.3 Å². The second-order valence-corrected chi connectivity index (χ2v) is 9.56. The number of hydrogen-bond donors (Lipinski definition) is 1. The second kappa shape index (κ2) is 10.9. The molecule has 0 spiro atoms. The Balaban J connectivity index is 1.36. The van der Waals surface area contributed by atoms with Gasteiger partial charge >= 0.3 is 0 Å². The van der Waals surface area contributed by atoms with Gasteiger partial charge in [-0.25, -0.2) is 0 Å². The normalized spacial score (nSPS) is 14.5. The largest absolute Gasteiger partial charge is 0.489 e. The van der Waals surface area contributed by atoms with Crippen LogP contribution in [-0.2, 0) is 16.2 Å². The molecular formula is C25H18BrClN2O4S. The van der Waals surface area contributed by atoms with E-state index in [1.165, 1.54) is 0 Å². The maximum absolute atomic E-state index is 12.7. The molecule has 1 aliphatic rings. The number of hydrogen-bond acceptors (Lipinski definition) is 5. The van der Waals surface area contributed by atoms with Crippen molar-refractivity contribution in [3.8, 4) is 5.75 Å². The number of nitrogens with one attached hydrogen (secondary N) is 1. The first-order valence-electron chi connectivity index (χ1n) is 10.2. The van der Waals surface area contributed by atoms with Crippen molar-refractivity contribution in [2.45, 2.75) is 6.61 Å². The fourth-order valence-corrected chi connectivity index (χ4v) is 4.44. The van der Waals surface area contributed by atoms with Gasteiger partial charge in [0.25, 0.3) is 11.1 Å². The van der Waals surface area contributed by atoms with Crippen LogP contribution in [0.1, 0.15) is 11.1 Å². The Morgan fingerprint density at radius 3 is 2.44 bits per heavy atom. The van der Waals surface area contributed by atoms with Crippen LogP contribution in [0.4, 0.5) is 10.5 Å². The van der Waals surface area contributed by atoms with Crippen molar-refractivity contribution < 1.29 is 19.1 Å². The van der Waals surface area contributed by atoms with Gasteiger partial charge in [-0.05, 0) is 81.3 Å². The Kier molecular flexibility index (Phi) is 7.72. The highest BCUT2D eigenvalue weighted by molar-refractivity contribution is 9.10. The van der Waals surface area contributed by atoms with E-state index in [-0.39, 0.29) is 11.4 Å². The zero-order valence-corrected chi connectivity index (χ0v) is 20.8. The molecule has 0 saturated carbocycles. The fraction of sp³-hybridized carbons (Fsp3) is 0.0800. The molecule has 0 unspecified atom stereocenters. The summed E-state index contributed by atoms with van der Waals surface area (Å²) in [6.45, 7) is 0.0395. The molecule has 9 heteroatoms. The molecule has 1 aliphatic heterocycles. The SMILES string of the molecule is O=C(CN1C(=O)S/C(=C/c2ccc(OCc3ccc(Cl)cc3)cc2)C1=O)Nc1ccccc1Br. The first kappa shape index (κ1) is 24.1. The summed E-state index contributed by atoms with van der Waals surface area (Å²) in [5, 5.41) is 2.88. The third-order valence-electron chi connectivity index (χ3n) is 4.82. The molecule has 34 heavy (non-hydrogen) atoms. The molecule has 1 fully saturated rings. The molecule has 3 aromatic rings. The highest BCUT2D eigenvalue weighted by Crippen LogP contribution is 2.32. The summed E-state index contributed by atoms with van der Waals surface area (Å²) in [5.41, 5.74) is 2.29. The number of carbonyl (C=O) groups excluding carboxylic acids is 3. The van der Waals surface area contributed by atoms with E-state index in [2.05, 4.69) is 21.2 Å². The summed E-state index contributed by atoms with van der Waals surface area (Å²) < 4.78 is 6.47. The molecule has 3 amide bonds. The van der Waals surface area contributed by atoms with Crippen molar-refractivity contribution in [1.82, 2.24) is 4.90 Å². The zero-order valence-electron chi connectivity index (χ0n) is 17.7. The summed E-state index contributed by atoms with van der Waals surface area (Å²) in [4.78, 5) is 38.6. The molecule has 1 saturated heterocycles. The first-order chi connectivity index (χ1) is 16.4. The Hall–Kier alpha value is -3.07. The molecule has 0 aliphatic carbocycles. The number of ether oxygens (including phenoxy) is 1. The third kappa shape index (κ3) is 6.08. The van der Waals surface area contributed by atoms with Crippen LogP contribution in [0.15, 0.2) is 82.2 Å². The van der Waals surface area contributed by atoms with E-state index in [1.54, 1.807) is 60.7 Å². The van der Waals surface area contributed by atoms with Gasteiger partial charge in [-0.1, -0.05) is 48.0 Å². The number of carbonyl (C=O) groups is 3. The predicted octanol–water partition coefficient (Wildman–Crippen LogP) is 6.36. The van der Waals surface area contributed by atoms with E-state index in [1.807, 2.05) is 18.2 Å². The van der Waals surface area contributed by atoms with E-state index in [0.717, 1.165) is 27.8 Å². The second-order valence-electron chi connectivity index (χ2n) is 7.28. The maximum Gasteiger partial charge on any atom is 0.294 e. The molecule has 0 bridgehead atoms. The van der Waals surface area contributed by atoms with Gasteiger partial charge < -0.3 is 10.1 Å². The Labute approximate surface area is 214 Å². The Morgan fingerprint density at radius 2 is 1.74 bits per heavy atom. The topological polar surface area (TPSA) is 75.7 Å². The molecule has 1 N–H and O–H groups in total. The molecule has 1 heterocycles. The highest BCUT2D eigenvalue weighted by atomic mass is 79.9. The van der Waals surface area contributed by atoms with Crippen molar-refractivity contribution in [1.29, 1.82) is 0 Å². The molecule has 0 aromatic heterocycles. The first-order valence-corrected chi connectivity index (χ1v) is 12.1. The Bertz CT molecular complexity index is 1260. The van der Waals surface area contributed by atoms with Crippen LogP contribution < -0.4 is 10.1 Å². The van der Waals surface area contributed by atoms with Crippen LogP contribution in [0.25, 0.3) is 6.08 Å². The lowest BCUT2D eigenvalue weighted by Crippen LogP contribution is -2.36. The van der Waals surface area contributed by atoms with Gasteiger partial charge in [0.05, 0.1) is 10.6 Å². The van der Waals surface area contributed by atoms with Crippen molar-refractivity contribution in [3.63, 3.8) is 0 Å². The number of anilines is 1. The molecule has 172 valence electrons. The van der Waals surface area contributed by atoms with Crippen LogP contribution in [0.5, 0.6) is 5.75 Å². The van der Waals surface area contributed by atoms with Gasteiger partial charge in [0.2, 0.25) is 5.91 Å². The van der Waals surface area contributed by atoms with E-state index in [0.29, 0.717) is 27.5 Å². The number of halogens is 2. The average Bonchev–Trinajstić information content (AvgIpc) is 3.08. The van der Waals surface area contributed by atoms with Crippen LogP contribution >= 0.6 is 39.3 Å². The van der Waals surface area contributed by atoms with E-state index in [4.69, 9.17) is 16.3 Å². The number of nitrogens with zero attached hydrogens (tertiary/aromatic N) is 1. The standard InChI is InChI=1S/C25H18BrClN2O4S/c26-20-3-1-2-4-21(20)28-23(30)14-29-24(31)22(34-25(29)32)13-16-7-11-19(12-8-16)33-15-17-5-9-18(27)10-6-17/h1-13H,14-15H2,(H,28,30)/b22-13+. The van der Waals surface area contributed by atoms with E-state index >= 15 is 0 Å². The lowest BCUT2D eigenvalue weighted by molar-refractivity contribution is -0.127. The minimum Gasteiger partial charge on any atom is -0.489 e. The third-order valence-corrected chi connectivity index (χ3v) is 6.67. The van der Waals surface area contributed by atoms with Gasteiger partial charge in [-0.2, -0.15) is 0 Å². The summed E-state index contributed by atoms with van der Waals surface area (Å²) in [5.74, 6) is -0.290. The summed E-state index contributed by atoms with van der Waals surface area (Å²) in [6, 6.07) is 21.7. The quantitative estimate of drug-likeness (QED) is 0.342. The molecule has 0 radical (unpaired) electrons. The van der Waals surface area contributed by atoms with Crippen molar-refractivity contribution >= 4 is 68.1 Å². The summed E-state index contributed by atoms with van der Waals surface area (Å²) >= 11 is 10.0. The van der Waals surface area contributed by atoms with Crippen molar-refractivity contribution in [2.24, 2.45) is 0 Å². The monoisotopic (exact) mass is 556 g/mol. The molecule has 6 nitrogen and oxygen atoms in total. The number of amides is 3. The summed E-state index contributed by atoms with van der Waals surface area (Å²) in [7, 11) is 0. The molecular weight excluding hydrogens is 540 g/mol. The number of thioether (sulfide) groups is 1. The zero-order chi connectivity index (χ0) is 24.1. The lowest BCUT2D eigenvalue weighted by Gasteiger charge is -2.13. The predicted molar refractivity (Wildman–Crippen MR) is 138 cm³/mol. The van der Waals surface area contributed by atoms with Gasteiger partial charge in [0, 0.05) is 9.50 Å². The summed E-state index contributed by atoms with van der Waals surface area (Å²) in [6.07, 6.45) is 1.62. The van der Waals surface area contributed by atoms with Crippen LogP contribution in [-0.4, -0.2) is 28.5 Å². The number of rotatable bonds is 7. The van der Waals surface area contributed by atoms with Gasteiger partial charge in [0.15, 0.2) is 0 Å². The van der Waals surface area contributed by atoms with Gasteiger partial charge in [-0.15, -0.1) is 0 Å². The molecule has 0 atom stereocenters. The van der Waals surface area contributed by atoms with Gasteiger partial charge in [0.1, 0.15) is 18.9 Å². The van der Waals surface area contributed by atoms with Crippen LogP contribution in [0.2, 0.25) is 5.02 Å². The minimum atomic E-state index is -0.500. The molecule has 3 aromatic carbocycles. The minimum absolute atomic E-state index is 0.258. The fourth-order valence-electron chi connectivity index (χ4n) is 3.09. The number of benzene rings is 3. The van der Waals surface area contributed by atoms with E-state index in [9.17, 15) is 14.4 Å². The maximum atomic E-state index is 12.7. The smallest absolute Gasteiger partial charge is 0.294 e. The van der Waals surface area contributed by atoms with Crippen molar-refractivity contribution in [2.75, 3.05) is 11.9 Å². The average molecular weight is 558 g/mol. The van der Waals surface area contributed by atoms with Gasteiger partial charge in [-0.3, -0.25) is 19.3 Å². The highest BCUT2D eigenvalue weighted by Gasteiger charge is 2.36. The van der Waals surface area contributed by atoms with E-state index < -0.39 is 17.1 Å². The van der Waals surface area contributed by atoms with Crippen LogP contribution in [0, 0.1) is 0 Å². The Morgan fingerprint density at radius 1 is 1.03 bits per heavy atom.